The number of likely N-dealkylation sites (tertiary alicyclic amines) is 1. The molecule has 160 valence electrons. The molecule has 1 aromatic heterocycles. The summed E-state index contributed by atoms with van der Waals surface area (Å²) in [6.45, 7) is 1.79. The van der Waals surface area contributed by atoms with E-state index >= 15 is 0 Å². The summed E-state index contributed by atoms with van der Waals surface area (Å²) >= 11 is 0. The number of hydrogen-bond donors (Lipinski definition) is 2. The molecule has 2 N–H and O–H groups in total. The number of nitrogens with zero attached hydrogens (tertiary/aromatic N) is 3. The lowest BCUT2D eigenvalue weighted by atomic mass is 10.1. The van der Waals surface area contributed by atoms with Crippen LogP contribution in [-0.2, 0) is 23.1 Å². The van der Waals surface area contributed by atoms with Gasteiger partial charge in [-0.2, -0.15) is 0 Å². The van der Waals surface area contributed by atoms with Crippen LogP contribution in [0, 0.1) is 5.82 Å². The van der Waals surface area contributed by atoms with Crippen LogP contribution in [0.5, 0.6) is 5.75 Å². The Kier molecular flexibility index (Phi) is 6.16. The number of amides is 2. The van der Waals surface area contributed by atoms with Gasteiger partial charge < -0.3 is 20.1 Å². The average molecular weight is 418 g/mol. The smallest absolute Gasteiger partial charge is 0.296 e. The number of nitrogens with one attached hydrogen (secondary N) is 1. The van der Waals surface area contributed by atoms with Crippen molar-refractivity contribution in [3.63, 3.8) is 0 Å². The van der Waals surface area contributed by atoms with E-state index in [9.17, 15) is 23.9 Å². The minimum Gasteiger partial charge on any atom is -0.501 e. The van der Waals surface area contributed by atoms with Crippen molar-refractivity contribution in [1.29, 1.82) is 0 Å². The second kappa shape index (κ2) is 8.62. The predicted octanol–water partition coefficient (Wildman–Crippen LogP) is 0.863. The van der Waals surface area contributed by atoms with E-state index < -0.39 is 34.8 Å². The molecule has 1 saturated heterocycles. The van der Waals surface area contributed by atoms with Gasteiger partial charge >= 0.3 is 0 Å². The van der Waals surface area contributed by atoms with Crippen LogP contribution in [-0.4, -0.2) is 51.1 Å². The molecule has 0 bridgehead atoms. The molecule has 3 rings (SSSR count). The van der Waals surface area contributed by atoms with Gasteiger partial charge in [0.1, 0.15) is 11.6 Å². The summed E-state index contributed by atoms with van der Waals surface area (Å²) < 4.78 is 19.5. The first kappa shape index (κ1) is 21.4. The molecular weight excluding hydrogens is 395 g/mol. The molecule has 1 aliphatic rings. The minimum absolute atomic E-state index is 0.0551. The van der Waals surface area contributed by atoms with Crippen LogP contribution in [0.4, 0.5) is 4.39 Å². The summed E-state index contributed by atoms with van der Waals surface area (Å²) in [4.78, 5) is 42.9. The van der Waals surface area contributed by atoms with Crippen molar-refractivity contribution in [2.75, 3.05) is 13.7 Å². The van der Waals surface area contributed by atoms with Crippen molar-refractivity contribution in [3.8, 4) is 5.75 Å². The van der Waals surface area contributed by atoms with E-state index in [0.29, 0.717) is 18.5 Å². The summed E-state index contributed by atoms with van der Waals surface area (Å²) in [6, 6.07) is 4.96. The van der Waals surface area contributed by atoms with E-state index in [4.69, 9.17) is 4.74 Å². The molecule has 0 aliphatic carbocycles. The van der Waals surface area contributed by atoms with Crippen molar-refractivity contribution >= 4 is 11.8 Å². The second-order valence-corrected chi connectivity index (χ2v) is 7.12. The maximum absolute atomic E-state index is 13.0. The number of rotatable bonds is 5. The number of carbonyl (C=O) groups is 2. The first-order chi connectivity index (χ1) is 14.2. The molecule has 0 radical (unpaired) electrons. The maximum atomic E-state index is 13.0. The Bertz CT molecular complexity index is 1020. The van der Waals surface area contributed by atoms with Gasteiger partial charge in [0.2, 0.25) is 11.7 Å². The third-order valence-corrected chi connectivity index (χ3v) is 5.18. The van der Waals surface area contributed by atoms with Crippen LogP contribution in [0.3, 0.4) is 0 Å². The van der Waals surface area contributed by atoms with Gasteiger partial charge in [0, 0.05) is 40.6 Å². The number of aromatic nitrogens is 2. The second-order valence-electron chi connectivity index (χ2n) is 7.12. The largest absolute Gasteiger partial charge is 0.501 e. The Morgan fingerprint density at radius 2 is 2.00 bits per heavy atom. The van der Waals surface area contributed by atoms with Crippen LogP contribution in [0.25, 0.3) is 0 Å². The van der Waals surface area contributed by atoms with E-state index in [1.54, 1.807) is 0 Å². The van der Waals surface area contributed by atoms with Crippen molar-refractivity contribution in [3.05, 3.63) is 57.5 Å². The summed E-state index contributed by atoms with van der Waals surface area (Å²) in [5.74, 6) is -1.98. The SMILES string of the molecule is COC1CC(c2nc(C(=O)NCc3ccc(F)cc3)c(O)c(=O)n2C)N(C(C)=O)C1. The van der Waals surface area contributed by atoms with Crippen molar-refractivity contribution in [2.45, 2.75) is 32.0 Å². The Hall–Kier alpha value is -3.27. The Morgan fingerprint density at radius 1 is 1.33 bits per heavy atom. The number of methoxy groups -OCH3 is 1. The van der Waals surface area contributed by atoms with Gasteiger partial charge in [0.15, 0.2) is 5.69 Å². The van der Waals surface area contributed by atoms with Crippen molar-refractivity contribution < 1.29 is 23.8 Å². The predicted molar refractivity (Wildman–Crippen MR) is 104 cm³/mol. The molecule has 30 heavy (non-hydrogen) atoms. The van der Waals surface area contributed by atoms with Gasteiger partial charge in [-0.1, -0.05) is 12.1 Å². The average Bonchev–Trinajstić information content (AvgIpc) is 3.16. The first-order valence-corrected chi connectivity index (χ1v) is 9.35. The van der Waals surface area contributed by atoms with Gasteiger partial charge in [-0.3, -0.25) is 19.0 Å². The lowest BCUT2D eigenvalue weighted by Gasteiger charge is -2.24. The van der Waals surface area contributed by atoms with Gasteiger partial charge in [-0.15, -0.1) is 0 Å². The summed E-state index contributed by atoms with van der Waals surface area (Å²) in [7, 11) is 2.95. The zero-order chi connectivity index (χ0) is 22.0. The molecule has 2 atom stereocenters. The fourth-order valence-electron chi connectivity index (χ4n) is 3.49. The molecule has 1 fully saturated rings. The molecular formula is C20H23FN4O5. The minimum atomic E-state index is -0.795. The quantitative estimate of drug-likeness (QED) is 0.745. The number of ether oxygens (including phenoxy) is 1. The molecule has 2 heterocycles. The highest BCUT2D eigenvalue weighted by Crippen LogP contribution is 2.32. The topological polar surface area (TPSA) is 114 Å². The fraction of sp³-hybridized carbons (Fsp3) is 0.400. The summed E-state index contributed by atoms with van der Waals surface area (Å²) in [6.07, 6.45) is 0.165. The van der Waals surface area contributed by atoms with Gasteiger partial charge in [-0.05, 0) is 17.7 Å². The van der Waals surface area contributed by atoms with Gasteiger partial charge in [-0.25, -0.2) is 9.37 Å². The lowest BCUT2D eigenvalue weighted by Crippen LogP contribution is -2.35. The molecule has 10 heteroatoms. The zero-order valence-corrected chi connectivity index (χ0v) is 16.9. The van der Waals surface area contributed by atoms with E-state index in [1.807, 2.05) is 0 Å². The Labute approximate surface area is 172 Å². The Balaban J connectivity index is 1.91. The molecule has 2 amide bonds. The molecule has 2 unspecified atom stereocenters. The van der Waals surface area contributed by atoms with E-state index in [2.05, 4.69) is 10.3 Å². The monoisotopic (exact) mass is 418 g/mol. The highest BCUT2D eigenvalue weighted by molar-refractivity contribution is 5.94. The number of benzene rings is 1. The first-order valence-electron chi connectivity index (χ1n) is 9.35. The Morgan fingerprint density at radius 3 is 2.60 bits per heavy atom. The van der Waals surface area contributed by atoms with Crippen LogP contribution in [0.15, 0.2) is 29.1 Å². The number of hydrogen-bond acceptors (Lipinski definition) is 6. The molecule has 0 spiro atoms. The maximum Gasteiger partial charge on any atom is 0.296 e. The molecule has 2 aromatic rings. The lowest BCUT2D eigenvalue weighted by molar-refractivity contribution is -0.130. The van der Waals surface area contributed by atoms with Gasteiger partial charge in [0.05, 0.1) is 12.1 Å². The molecule has 0 saturated carbocycles. The van der Waals surface area contributed by atoms with Crippen LogP contribution < -0.4 is 10.9 Å². The number of aromatic hydroxyl groups is 1. The normalized spacial score (nSPS) is 18.5. The van der Waals surface area contributed by atoms with Gasteiger partial charge in [0.25, 0.3) is 11.5 Å². The van der Waals surface area contributed by atoms with E-state index in [0.717, 1.165) is 4.57 Å². The molecule has 9 nitrogen and oxygen atoms in total. The highest BCUT2D eigenvalue weighted by Gasteiger charge is 2.38. The molecule has 1 aromatic carbocycles. The molecule has 1 aliphatic heterocycles. The number of carbonyl (C=O) groups excluding carboxylic acids is 2. The standard InChI is InChI=1S/C20H23FN4O5/c1-11(26)25-10-14(30-3)8-15(25)18-23-16(17(27)20(29)24(18)2)19(28)22-9-12-4-6-13(21)7-5-12/h4-7,14-15,27H,8-10H2,1-3H3,(H,22,28). The van der Waals surface area contributed by atoms with Crippen molar-refractivity contribution in [2.24, 2.45) is 7.05 Å². The van der Waals surface area contributed by atoms with Crippen LogP contribution in [0.1, 0.15) is 41.3 Å². The summed E-state index contributed by atoms with van der Waals surface area (Å²) in [5.41, 5.74) is -0.592. The van der Waals surface area contributed by atoms with E-state index in [1.165, 1.54) is 50.2 Å². The summed E-state index contributed by atoms with van der Waals surface area (Å²) in [5, 5.41) is 12.8. The number of halogens is 1. The van der Waals surface area contributed by atoms with Crippen LogP contribution in [0.2, 0.25) is 0 Å². The third kappa shape index (κ3) is 4.18. The van der Waals surface area contributed by atoms with Crippen LogP contribution >= 0.6 is 0 Å². The van der Waals surface area contributed by atoms with E-state index in [-0.39, 0.29) is 24.4 Å². The van der Waals surface area contributed by atoms with Crippen molar-refractivity contribution in [1.82, 2.24) is 19.8 Å². The highest BCUT2D eigenvalue weighted by atomic mass is 19.1. The fourth-order valence-corrected chi connectivity index (χ4v) is 3.49. The zero-order valence-electron chi connectivity index (χ0n) is 16.9. The third-order valence-electron chi connectivity index (χ3n) is 5.18.